The second kappa shape index (κ2) is 15.7. The number of hydrogen-bond donors (Lipinski definition) is 0. The Labute approximate surface area is 393 Å². The molecule has 0 aliphatic heterocycles. The lowest BCUT2D eigenvalue weighted by Crippen LogP contribution is -2.03. The minimum Gasteiger partial charge on any atom is -0.308 e. The first-order valence-electron chi connectivity index (χ1n) is 23.0. The van der Waals surface area contributed by atoms with Crippen LogP contribution in [0.15, 0.2) is 231 Å². The first-order valence-corrected chi connectivity index (χ1v) is 23.9. The van der Waals surface area contributed by atoms with Crippen molar-refractivity contribution in [3.05, 3.63) is 242 Å². The average Bonchev–Trinajstić information content (AvgIpc) is 3.93. The average molecular weight is 870 g/mol. The second-order valence-corrected chi connectivity index (χ2v) is 18.6. The van der Waals surface area contributed by atoms with Crippen molar-refractivity contribution in [2.45, 2.75) is 6.92 Å². The molecule has 0 amide bonds. The van der Waals surface area contributed by atoms with Crippen LogP contribution in [-0.4, -0.2) is 4.57 Å². The van der Waals surface area contributed by atoms with Gasteiger partial charge in [0.2, 0.25) is 0 Å². The van der Waals surface area contributed by atoms with Gasteiger partial charge in [-0.15, -0.1) is 11.3 Å². The number of hydrogen-bond acceptors (Lipinski definition) is 1. The highest BCUT2D eigenvalue weighted by molar-refractivity contribution is 7.26. The standard InChI is InChI=1S/C65H43NS/c1-3-4-24-46-41(2)61(52-30-15-16-31-53(52)64(46)66-58-34-18-17-25-47(58)56-39-44(35-37-59(56)66)42-20-7-5-8-21-42)55-33-19-32-54-57-40-45(36-38-60(57)67-65(54)55)63-50-28-13-11-26-48(50)62(43-22-9-6-10-23-43)49-27-12-14-29-51(49)63/h3-40H,1H2,2H3/b24-4-. The zero-order valence-corrected chi connectivity index (χ0v) is 37.8. The molecule has 1 nitrogen and oxygen atoms in total. The molecule has 0 saturated heterocycles. The normalized spacial score (nSPS) is 12.0. The number of aromatic nitrogens is 1. The molecule has 0 atom stereocenters. The summed E-state index contributed by atoms with van der Waals surface area (Å²) in [4.78, 5) is 0. The molecule has 0 spiro atoms. The SMILES string of the molecule is C=C/C=C\c1c(C)c(-c2cccc3c2sc2ccc(-c4c5ccccc5c(-c5ccccc5)c5ccccc45)cc23)c2ccccc2c1-n1c2ccccc2c2cc(-c3ccccc3)ccc21. The predicted molar refractivity (Wildman–Crippen MR) is 292 cm³/mol. The molecule has 314 valence electrons. The van der Waals surface area contributed by atoms with Gasteiger partial charge in [0.1, 0.15) is 0 Å². The molecule has 2 heterocycles. The summed E-state index contributed by atoms with van der Waals surface area (Å²) < 4.78 is 5.09. The van der Waals surface area contributed by atoms with Gasteiger partial charge in [0.15, 0.2) is 0 Å². The van der Waals surface area contributed by atoms with E-state index in [-0.39, 0.29) is 0 Å². The number of allylic oxidation sites excluding steroid dienone is 2. The minimum atomic E-state index is 1.18. The Bertz CT molecular complexity index is 4110. The van der Waals surface area contributed by atoms with Crippen LogP contribution in [0.25, 0.3) is 131 Å². The highest BCUT2D eigenvalue weighted by Gasteiger charge is 2.24. The fraction of sp³-hybridized carbons (Fsp3) is 0.0154. The smallest absolute Gasteiger partial charge is 0.0616 e. The Morgan fingerprint density at radius 3 is 1.60 bits per heavy atom. The highest BCUT2D eigenvalue weighted by Crippen LogP contribution is 2.49. The summed E-state index contributed by atoms with van der Waals surface area (Å²) in [5, 5.41) is 12.6. The number of rotatable bonds is 7. The van der Waals surface area contributed by atoms with Gasteiger partial charge in [-0.2, -0.15) is 0 Å². The molecule has 0 fully saturated rings. The molecular formula is C65H43NS. The Balaban J connectivity index is 1.05. The van der Waals surface area contributed by atoms with Crippen LogP contribution in [0.2, 0.25) is 0 Å². The first-order chi connectivity index (χ1) is 33.2. The van der Waals surface area contributed by atoms with Crippen LogP contribution >= 0.6 is 11.3 Å². The van der Waals surface area contributed by atoms with E-state index in [0.29, 0.717) is 0 Å². The second-order valence-electron chi connectivity index (χ2n) is 17.6. The zero-order chi connectivity index (χ0) is 44.6. The fourth-order valence-corrected chi connectivity index (χ4v) is 12.3. The molecule has 67 heavy (non-hydrogen) atoms. The van der Waals surface area contributed by atoms with E-state index in [4.69, 9.17) is 0 Å². The van der Waals surface area contributed by atoms with Gasteiger partial charge in [0, 0.05) is 47.5 Å². The van der Waals surface area contributed by atoms with Gasteiger partial charge in [-0.05, 0) is 109 Å². The van der Waals surface area contributed by atoms with Gasteiger partial charge >= 0.3 is 0 Å². The van der Waals surface area contributed by atoms with E-state index in [1.54, 1.807) is 0 Å². The van der Waals surface area contributed by atoms with Crippen molar-refractivity contribution < 1.29 is 0 Å². The first kappa shape index (κ1) is 39.1. The van der Waals surface area contributed by atoms with E-state index in [9.17, 15) is 0 Å². The number of benzene rings is 11. The van der Waals surface area contributed by atoms with Crippen LogP contribution in [0.3, 0.4) is 0 Å². The zero-order valence-electron chi connectivity index (χ0n) is 37.0. The number of fused-ring (bicyclic) bond motifs is 9. The topological polar surface area (TPSA) is 4.93 Å². The van der Waals surface area contributed by atoms with Gasteiger partial charge in [0.25, 0.3) is 0 Å². The molecule has 0 aliphatic rings. The van der Waals surface area contributed by atoms with Crippen LogP contribution in [-0.2, 0) is 0 Å². The van der Waals surface area contributed by atoms with Gasteiger partial charge in [0.05, 0.1) is 16.7 Å². The maximum Gasteiger partial charge on any atom is 0.0616 e. The molecular weight excluding hydrogens is 827 g/mol. The maximum absolute atomic E-state index is 4.13. The lowest BCUT2D eigenvalue weighted by atomic mass is 9.85. The molecule has 0 radical (unpaired) electrons. The summed E-state index contributed by atoms with van der Waals surface area (Å²) >= 11 is 1.90. The molecule has 13 rings (SSSR count). The van der Waals surface area contributed by atoms with Crippen LogP contribution in [0.4, 0.5) is 0 Å². The summed E-state index contributed by atoms with van der Waals surface area (Å²) in [6, 6.07) is 78.3. The van der Waals surface area contributed by atoms with E-state index in [1.165, 1.54) is 136 Å². The van der Waals surface area contributed by atoms with Crippen LogP contribution in [0.5, 0.6) is 0 Å². The molecule has 0 N–H and O–H groups in total. The summed E-state index contributed by atoms with van der Waals surface area (Å²) in [5.41, 5.74) is 15.9. The third-order valence-corrected chi connectivity index (χ3v) is 15.2. The van der Waals surface area contributed by atoms with Crippen molar-refractivity contribution in [1.82, 2.24) is 4.57 Å². The molecule has 13 aromatic rings. The van der Waals surface area contributed by atoms with E-state index in [1.807, 2.05) is 17.4 Å². The maximum atomic E-state index is 4.13. The summed E-state index contributed by atoms with van der Waals surface area (Å²) in [7, 11) is 0. The molecule has 0 unspecified atom stereocenters. The predicted octanol–water partition coefficient (Wildman–Crippen LogP) is 18.8. The molecule has 11 aromatic carbocycles. The van der Waals surface area contributed by atoms with Crippen LogP contribution < -0.4 is 0 Å². The van der Waals surface area contributed by atoms with Gasteiger partial charge < -0.3 is 4.57 Å². The van der Waals surface area contributed by atoms with E-state index < -0.39 is 0 Å². The van der Waals surface area contributed by atoms with Crippen molar-refractivity contribution in [2.24, 2.45) is 0 Å². The van der Waals surface area contributed by atoms with E-state index in [0.717, 1.165) is 0 Å². The largest absolute Gasteiger partial charge is 0.308 e. The molecule has 0 bridgehead atoms. The van der Waals surface area contributed by atoms with Crippen molar-refractivity contribution >= 4 is 91.7 Å². The molecule has 2 heteroatoms. The van der Waals surface area contributed by atoms with Crippen molar-refractivity contribution in [2.75, 3.05) is 0 Å². The number of para-hydroxylation sites is 1. The summed E-state index contributed by atoms with van der Waals surface area (Å²) in [6.45, 7) is 6.45. The third kappa shape index (κ3) is 6.07. The monoisotopic (exact) mass is 869 g/mol. The van der Waals surface area contributed by atoms with Crippen molar-refractivity contribution in [3.63, 3.8) is 0 Å². The molecule has 0 saturated carbocycles. The Kier molecular flexibility index (Phi) is 9.16. The summed E-state index contributed by atoms with van der Waals surface area (Å²) in [6.07, 6.45) is 6.25. The number of thiophene rings is 1. The van der Waals surface area contributed by atoms with E-state index >= 15 is 0 Å². The molecule has 0 aliphatic carbocycles. The minimum absolute atomic E-state index is 1.18. The van der Waals surface area contributed by atoms with Gasteiger partial charge in [-0.1, -0.05) is 207 Å². The van der Waals surface area contributed by atoms with E-state index in [2.05, 4.69) is 243 Å². The van der Waals surface area contributed by atoms with Gasteiger partial charge in [-0.25, -0.2) is 0 Å². The van der Waals surface area contributed by atoms with Crippen molar-refractivity contribution in [1.29, 1.82) is 0 Å². The summed E-state index contributed by atoms with van der Waals surface area (Å²) in [5.74, 6) is 0. The quantitative estimate of drug-likeness (QED) is 0.111. The molecule has 2 aromatic heterocycles. The fourth-order valence-electron chi connectivity index (χ4n) is 11.1. The van der Waals surface area contributed by atoms with Crippen LogP contribution in [0, 0.1) is 6.92 Å². The Morgan fingerprint density at radius 1 is 0.403 bits per heavy atom. The van der Waals surface area contributed by atoms with Crippen LogP contribution in [0.1, 0.15) is 11.1 Å². The highest BCUT2D eigenvalue weighted by atomic mass is 32.1. The Morgan fingerprint density at radius 2 is 0.925 bits per heavy atom. The third-order valence-electron chi connectivity index (χ3n) is 13.9. The van der Waals surface area contributed by atoms with Gasteiger partial charge in [-0.3, -0.25) is 0 Å². The lowest BCUT2D eigenvalue weighted by Gasteiger charge is -2.22. The number of nitrogens with zero attached hydrogens (tertiary/aromatic N) is 1. The van der Waals surface area contributed by atoms with Crippen molar-refractivity contribution in [3.8, 4) is 50.2 Å². The Hall–Kier alpha value is -8.30. The lowest BCUT2D eigenvalue weighted by molar-refractivity contribution is 1.18.